The summed E-state index contributed by atoms with van der Waals surface area (Å²) in [7, 11) is 0. The van der Waals surface area contributed by atoms with Crippen molar-refractivity contribution in [2.24, 2.45) is 5.41 Å². The van der Waals surface area contributed by atoms with Gasteiger partial charge in [0.15, 0.2) is 0 Å². The van der Waals surface area contributed by atoms with Gasteiger partial charge < -0.3 is 5.11 Å². The molecule has 0 aliphatic heterocycles. The highest BCUT2D eigenvalue weighted by molar-refractivity contribution is 6.35. The molecule has 1 N–H and O–H groups in total. The lowest BCUT2D eigenvalue weighted by Crippen LogP contribution is -2.32. The van der Waals surface area contributed by atoms with E-state index in [4.69, 9.17) is 11.6 Å². The molecule has 0 unspecified atom stereocenters. The number of rotatable bonds is 2. The van der Waals surface area contributed by atoms with Gasteiger partial charge in [-0.3, -0.25) is 0 Å². The lowest BCUT2D eigenvalue weighted by Gasteiger charge is -2.41. The molecule has 0 aromatic heterocycles. The molecule has 0 saturated heterocycles. The maximum absolute atomic E-state index is 10.6. The van der Waals surface area contributed by atoms with Gasteiger partial charge in [-0.25, -0.2) is 0 Å². The van der Waals surface area contributed by atoms with Crippen LogP contribution >= 0.6 is 11.6 Å². The van der Waals surface area contributed by atoms with Crippen molar-refractivity contribution in [2.45, 2.75) is 44.1 Å². The summed E-state index contributed by atoms with van der Waals surface area (Å²) in [5, 5.41) is 13.9. The third kappa shape index (κ3) is 2.49. The molecule has 1 nitrogen and oxygen atoms in total. The SMILES string of the molecule is O[C@H]1C[C@@H]2c3cc(Cl)c4ccccc4c3CC[C@@]2(Cc2ccccc2)C1. The minimum absolute atomic E-state index is 0.152. The van der Waals surface area contributed by atoms with Crippen LogP contribution < -0.4 is 0 Å². The van der Waals surface area contributed by atoms with E-state index >= 15 is 0 Å². The van der Waals surface area contributed by atoms with Crippen LogP contribution in [-0.2, 0) is 12.8 Å². The van der Waals surface area contributed by atoms with Crippen molar-refractivity contribution in [1.29, 1.82) is 0 Å². The van der Waals surface area contributed by atoms with Crippen LogP contribution in [0.5, 0.6) is 0 Å². The Bertz CT molecular complexity index is 965. The minimum Gasteiger partial charge on any atom is -0.393 e. The van der Waals surface area contributed by atoms with Gasteiger partial charge >= 0.3 is 0 Å². The molecule has 3 aromatic carbocycles. The average molecular weight is 363 g/mol. The van der Waals surface area contributed by atoms with Crippen LogP contribution in [-0.4, -0.2) is 11.2 Å². The summed E-state index contributed by atoms with van der Waals surface area (Å²) < 4.78 is 0. The van der Waals surface area contributed by atoms with E-state index < -0.39 is 0 Å². The topological polar surface area (TPSA) is 20.2 Å². The molecule has 0 radical (unpaired) electrons. The number of benzene rings is 3. The van der Waals surface area contributed by atoms with Gasteiger partial charge in [-0.15, -0.1) is 0 Å². The Morgan fingerprint density at radius 3 is 2.54 bits per heavy atom. The molecule has 3 atom stereocenters. The maximum atomic E-state index is 10.6. The molecule has 2 aliphatic rings. The summed E-state index contributed by atoms with van der Waals surface area (Å²) in [6.07, 6.45) is 4.80. The van der Waals surface area contributed by atoms with E-state index in [2.05, 4.69) is 60.7 Å². The predicted molar refractivity (Wildman–Crippen MR) is 108 cm³/mol. The van der Waals surface area contributed by atoms with Gasteiger partial charge in [-0.05, 0) is 71.6 Å². The second-order valence-electron chi connectivity index (χ2n) is 8.14. The number of halogens is 1. The van der Waals surface area contributed by atoms with Crippen molar-refractivity contribution in [3.8, 4) is 0 Å². The number of aliphatic hydroxyl groups excluding tert-OH is 1. The molecule has 1 saturated carbocycles. The zero-order chi connectivity index (χ0) is 17.7. The third-order valence-electron chi connectivity index (χ3n) is 6.68. The summed E-state index contributed by atoms with van der Waals surface area (Å²) in [5.41, 5.74) is 4.36. The molecular formula is C24H23ClO. The Balaban J connectivity index is 1.65. The number of aryl methyl sites for hydroxylation is 1. The first kappa shape index (κ1) is 16.4. The molecule has 2 aliphatic carbocycles. The van der Waals surface area contributed by atoms with Gasteiger partial charge in [0.2, 0.25) is 0 Å². The molecular weight excluding hydrogens is 340 g/mol. The Kier molecular flexibility index (Phi) is 3.84. The first-order valence-corrected chi connectivity index (χ1v) is 9.96. The molecule has 5 rings (SSSR count). The molecule has 132 valence electrons. The molecule has 0 bridgehead atoms. The fraction of sp³-hybridized carbons (Fsp3) is 0.333. The second kappa shape index (κ2) is 6.11. The Labute approximate surface area is 159 Å². The van der Waals surface area contributed by atoms with Crippen LogP contribution in [0.2, 0.25) is 5.02 Å². The number of aliphatic hydroxyl groups is 1. The fourth-order valence-electron chi connectivity index (χ4n) is 5.61. The van der Waals surface area contributed by atoms with E-state index in [1.165, 1.54) is 22.1 Å². The van der Waals surface area contributed by atoms with E-state index in [1.807, 2.05) is 0 Å². The van der Waals surface area contributed by atoms with Gasteiger partial charge in [0, 0.05) is 10.4 Å². The molecule has 0 amide bonds. The fourth-order valence-corrected chi connectivity index (χ4v) is 5.89. The van der Waals surface area contributed by atoms with Gasteiger partial charge in [0.25, 0.3) is 0 Å². The Morgan fingerprint density at radius 2 is 1.73 bits per heavy atom. The van der Waals surface area contributed by atoms with Crippen LogP contribution in [0.15, 0.2) is 60.7 Å². The lowest BCUT2D eigenvalue weighted by molar-refractivity contribution is 0.150. The van der Waals surface area contributed by atoms with Gasteiger partial charge in [-0.2, -0.15) is 0 Å². The average Bonchev–Trinajstić information content (AvgIpc) is 2.99. The monoisotopic (exact) mass is 362 g/mol. The highest BCUT2D eigenvalue weighted by Crippen LogP contribution is 2.58. The van der Waals surface area contributed by atoms with Crippen LogP contribution in [0.4, 0.5) is 0 Å². The van der Waals surface area contributed by atoms with Crippen molar-refractivity contribution in [1.82, 2.24) is 0 Å². The van der Waals surface area contributed by atoms with E-state index in [9.17, 15) is 5.11 Å². The quantitative estimate of drug-likeness (QED) is 0.601. The Morgan fingerprint density at radius 1 is 1.00 bits per heavy atom. The number of hydrogen-bond donors (Lipinski definition) is 1. The molecule has 26 heavy (non-hydrogen) atoms. The van der Waals surface area contributed by atoms with Crippen molar-refractivity contribution in [3.05, 3.63) is 82.4 Å². The molecule has 0 heterocycles. The van der Waals surface area contributed by atoms with E-state index in [1.54, 1.807) is 0 Å². The largest absolute Gasteiger partial charge is 0.393 e. The normalized spacial score (nSPS) is 27.3. The summed E-state index contributed by atoms with van der Waals surface area (Å²) >= 11 is 6.66. The number of hydrogen-bond acceptors (Lipinski definition) is 1. The highest BCUT2D eigenvalue weighted by Gasteiger charge is 2.50. The van der Waals surface area contributed by atoms with Gasteiger partial charge in [-0.1, -0.05) is 66.2 Å². The molecule has 1 fully saturated rings. The molecule has 0 spiro atoms. The first-order chi connectivity index (χ1) is 12.7. The first-order valence-electron chi connectivity index (χ1n) is 9.58. The van der Waals surface area contributed by atoms with Gasteiger partial charge in [0.05, 0.1) is 6.10 Å². The zero-order valence-electron chi connectivity index (χ0n) is 14.8. The molecule has 2 heteroatoms. The van der Waals surface area contributed by atoms with Crippen LogP contribution in [0.3, 0.4) is 0 Å². The smallest absolute Gasteiger partial charge is 0.0552 e. The minimum atomic E-state index is -0.208. The standard InChI is InChI=1S/C24H23ClO/c25-23-13-21-19(18-8-4-5-9-20(18)23)10-11-24(15-17(26)12-22(21)24)14-16-6-2-1-3-7-16/h1-9,13,17,22,26H,10-12,14-15H2/t17-,22+,24+/m0/s1. The van der Waals surface area contributed by atoms with Crippen LogP contribution in [0.1, 0.15) is 41.9 Å². The van der Waals surface area contributed by atoms with Crippen LogP contribution in [0, 0.1) is 5.41 Å². The van der Waals surface area contributed by atoms with E-state index in [-0.39, 0.29) is 11.5 Å². The predicted octanol–water partition coefficient (Wildman–Crippen LogP) is 5.91. The van der Waals surface area contributed by atoms with Crippen molar-refractivity contribution in [2.75, 3.05) is 0 Å². The summed E-state index contributed by atoms with van der Waals surface area (Å²) in [5.74, 6) is 0.392. The van der Waals surface area contributed by atoms with Crippen LogP contribution in [0.25, 0.3) is 10.8 Å². The van der Waals surface area contributed by atoms with Gasteiger partial charge in [0.1, 0.15) is 0 Å². The van der Waals surface area contributed by atoms with Crippen molar-refractivity contribution >= 4 is 22.4 Å². The number of fused-ring (bicyclic) bond motifs is 5. The summed E-state index contributed by atoms with van der Waals surface area (Å²) in [6.45, 7) is 0. The van der Waals surface area contributed by atoms with E-state index in [0.29, 0.717) is 5.92 Å². The molecule has 3 aromatic rings. The summed E-state index contributed by atoms with van der Waals surface area (Å²) in [6, 6.07) is 21.4. The van der Waals surface area contributed by atoms with E-state index in [0.717, 1.165) is 42.5 Å². The Hall–Kier alpha value is -1.83. The summed E-state index contributed by atoms with van der Waals surface area (Å²) in [4.78, 5) is 0. The maximum Gasteiger partial charge on any atom is 0.0552 e. The zero-order valence-corrected chi connectivity index (χ0v) is 15.5. The van der Waals surface area contributed by atoms with Crippen molar-refractivity contribution < 1.29 is 5.11 Å². The lowest BCUT2D eigenvalue weighted by atomic mass is 9.62. The highest BCUT2D eigenvalue weighted by atomic mass is 35.5. The third-order valence-corrected chi connectivity index (χ3v) is 6.99. The second-order valence-corrected chi connectivity index (χ2v) is 8.55. The van der Waals surface area contributed by atoms with Crippen molar-refractivity contribution in [3.63, 3.8) is 0 Å².